The molecule has 3 N–H and O–H groups in total. The SMILES string of the molecule is [2H]c1c(CO)c(O)c([2H])c2c(C(=O)c3cc(Br)c(C)c(Br)c3)c(CCO)oc12. The van der Waals surface area contributed by atoms with Gasteiger partial charge in [-0.15, -0.1) is 0 Å². The number of hydrogen-bond donors (Lipinski definition) is 3. The Hall–Kier alpha value is -1.67. The molecule has 5 nitrogen and oxygen atoms in total. The molecule has 0 aliphatic rings. The Labute approximate surface area is 169 Å². The summed E-state index contributed by atoms with van der Waals surface area (Å²) in [5.41, 5.74) is 1.00. The molecule has 7 heteroatoms. The minimum Gasteiger partial charge on any atom is -0.508 e. The molecule has 0 amide bonds. The highest BCUT2D eigenvalue weighted by Crippen LogP contribution is 2.35. The number of furan rings is 1. The smallest absolute Gasteiger partial charge is 0.197 e. The maximum Gasteiger partial charge on any atom is 0.197 e. The van der Waals surface area contributed by atoms with Crippen LogP contribution in [-0.4, -0.2) is 27.7 Å². The van der Waals surface area contributed by atoms with E-state index in [4.69, 9.17) is 7.16 Å². The third-order valence-corrected chi connectivity index (χ3v) is 5.69. The van der Waals surface area contributed by atoms with E-state index in [1.54, 1.807) is 12.1 Å². The molecule has 0 saturated carbocycles. The molecule has 3 rings (SSSR count). The van der Waals surface area contributed by atoms with Crippen LogP contribution in [0, 0.1) is 6.92 Å². The Morgan fingerprint density at radius 2 is 1.88 bits per heavy atom. The second kappa shape index (κ2) is 7.52. The molecular formula is C19H16Br2O5. The van der Waals surface area contributed by atoms with Crippen molar-refractivity contribution < 1.29 is 27.3 Å². The summed E-state index contributed by atoms with van der Waals surface area (Å²) in [5, 5.41) is 29.0. The molecule has 0 radical (unpaired) electrons. The number of hydrogen-bond acceptors (Lipinski definition) is 5. The Kier molecular flexibility index (Phi) is 4.77. The monoisotopic (exact) mass is 484 g/mol. The highest BCUT2D eigenvalue weighted by molar-refractivity contribution is 9.11. The summed E-state index contributed by atoms with van der Waals surface area (Å²) < 4.78 is 23.5. The molecule has 0 bridgehead atoms. The van der Waals surface area contributed by atoms with Crippen LogP contribution in [0.25, 0.3) is 11.0 Å². The molecule has 1 heterocycles. The summed E-state index contributed by atoms with van der Waals surface area (Å²) in [6.45, 7) is 0.917. The van der Waals surface area contributed by atoms with Gasteiger partial charge in [0.15, 0.2) is 5.78 Å². The van der Waals surface area contributed by atoms with Crippen molar-refractivity contribution in [1.29, 1.82) is 0 Å². The zero-order valence-corrected chi connectivity index (χ0v) is 16.9. The number of carbonyl (C=O) groups is 1. The number of fused-ring (bicyclic) bond motifs is 1. The van der Waals surface area contributed by atoms with E-state index in [0.29, 0.717) is 14.5 Å². The number of ketones is 1. The van der Waals surface area contributed by atoms with Gasteiger partial charge in [0.05, 0.1) is 21.5 Å². The minimum atomic E-state index is -0.649. The highest BCUT2D eigenvalue weighted by Gasteiger charge is 2.24. The van der Waals surface area contributed by atoms with Gasteiger partial charge in [-0.2, -0.15) is 0 Å². The predicted molar refractivity (Wildman–Crippen MR) is 105 cm³/mol. The Balaban J connectivity index is 2.36. The van der Waals surface area contributed by atoms with E-state index in [0.717, 1.165) is 5.56 Å². The van der Waals surface area contributed by atoms with Crippen LogP contribution in [0.5, 0.6) is 5.75 Å². The molecule has 0 fully saturated rings. The van der Waals surface area contributed by atoms with E-state index in [-0.39, 0.29) is 46.9 Å². The molecule has 136 valence electrons. The van der Waals surface area contributed by atoms with E-state index in [1.807, 2.05) is 6.92 Å². The molecule has 2 aromatic carbocycles. The lowest BCUT2D eigenvalue weighted by Gasteiger charge is -2.07. The molecule has 0 unspecified atom stereocenters. The number of carbonyl (C=O) groups excluding carboxylic acids is 1. The van der Waals surface area contributed by atoms with Crippen molar-refractivity contribution in [1.82, 2.24) is 0 Å². The maximum absolute atomic E-state index is 13.3. The first-order valence-corrected chi connectivity index (χ1v) is 9.29. The largest absolute Gasteiger partial charge is 0.508 e. The number of aliphatic hydroxyl groups is 2. The standard InChI is InChI=1S/C19H16Br2O5/c1-9-13(20)4-10(5-14(9)21)19(25)18-12-7-15(24)11(8-23)6-17(12)26-16(18)2-3-22/h4-7,22-24H,2-3,8H2,1H3/i6D,7D. The van der Waals surface area contributed by atoms with Gasteiger partial charge < -0.3 is 19.7 Å². The molecule has 1 aromatic heterocycles. The van der Waals surface area contributed by atoms with Gasteiger partial charge in [0.2, 0.25) is 0 Å². The van der Waals surface area contributed by atoms with Crippen LogP contribution in [0.15, 0.2) is 37.6 Å². The number of phenols is 1. The fourth-order valence-corrected chi connectivity index (χ4v) is 3.81. The third-order valence-electron chi connectivity index (χ3n) is 4.04. The van der Waals surface area contributed by atoms with Gasteiger partial charge in [0.1, 0.15) is 17.1 Å². The molecule has 26 heavy (non-hydrogen) atoms. The highest BCUT2D eigenvalue weighted by atomic mass is 79.9. The fourth-order valence-electron chi connectivity index (χ4n) is 2.63. The van der Waals surface area contributed by atoms with Crippen molar-refractivity contribution in [2.75, 3.05) is 6.61 Å². The molecular weight excluding hydrogens is 468 g/mol. The van der Waals surface area contributed by atoms with Crippen LogP contribution < -0.4 is 0 Å². The summed E-state index contributed by atoms with van der Waals surface area (Å²) in [7, 11) is 0. The Morgan fingerprint density at radius 1 is 1.23 bits per heavy atom. The van der Waals surface area contributed by atoms with Crippen molar-refractivity contribution in [3.05, 3.63) is 61.2 Å². The van der Waals surface area contributed by atoms with Gasteiger partial charge in [-0.25, -0.2) is 0 Å². The molecule has 3 aromatic rings. The molecule has 0 aliphatic heterocycles. The van der Waals surface area contributed by atoms with E-state index >= 15 is 0 Å². The number of benzene rings is 2. The number of halogens is 2. The van der Waals surface area contributed by atoms with Gasteiger partial charge in [-0.1, -0.05) is 31.9 Å². The average molecular weight is 486 g/mol. The first kappa shape index (κ1) is 16.5. The molecule has 0 atom stereocenters. The third kappa shape index (κ3) is 3.32. The lowest BCUT2D eigenvalue weighted by Crippen LogP contribution is -2.06. The molecule has 0 aliphatic carbocycles. The second-order valence-corrected chi connectivity index (χ2v) is 7.42. The van der Waals surface area contributed by atoms with E-state index in [2.05, 4.69) is 31.9 Å². The molecule has 0 saturated heterocycles. The average Bonchev–Trinajstić information content (AvgIpc) is 3.03. The fraction of sp³-hybridized carbons (Fsp3) is 0.211. The Morgan fingerprint density at radius 3 is 2.46 bits per heavy atom. The van der Waals surface area contributed by atoms with Gasteiger partial charge in [-0.05, 0) is 36.7 Å². The first-order chi connectivity index (χ1) is 13.2. The lowest BCUT2D eigenvalue weighted by molar-refractivity contribution is 0.103. The maximum atomic E-state index is 13.3. The van der Waals surface area contributed by atoms with E-state index in [9.17, 15) is 20.1 Å². The number of aromatic hydroxyl groups is 1. The van der Waals surface area contributed by atoms with Crippen molar-refractivity contribution in [3.8, 4) is 5.75 Å². The van der Waals surface area contributed by atoms with Crippen LogP contribution in [0.4, 0.5) is 0 Å². The van der Waals surface area contributed by atoms with Crippen molar-refractivity contribution >= 4 is 48.6 Å². The zero-order chi connectivity index (χ0) is 20.7. The van der Waals surface area contributed by atoms with Gasteiger partial charge in [-0.3, -0.25) is 4.79 Å². The normalized spacial score (nSPS) is 12.3. The second-order valence-electron chi connectivity index (χ2n) is 5.71. The van der Waals surface area contributed by atoms with Crippen molar-refractivity contribution in [2.45, 2.75) is 20.0 Å². The topological polar surface area (TPSA) is 90.9 Å². The van der Waals surface area contributed by atoms with Gasteiger partial charge in [0, 0.05) is 31.9 Å². The molecule has 0 spiro atoms. The quantitative estimate of drug-likeness (QED) is 0.470. The zero-order valence-electron chi connectivity index (χ0n) is 15.7. The van der Waals surface area contributed by atoms with E-state index < -0.39 is 24.2 Å². The van der Waals surface area contributed by atoms with Crippen molar-refractivity contribution in [3.63, 3.8) is 0 Å². The summed E-state index contributed by atoms with van der Waals surface area (Å²) >= 11 is 6.81. The number of rotatable bonds is 5. The van der Waals surface area contributed by atoms with Crippen LogP contribution >= 0.6 is 31.9 Å². The summed E-state index contributed by atoms with van der Waals surface area (Å²) in [4.78, 5) is 13.3. The minimum absolute atomic E-state index is 0.00193. The van der Waals surface area contributed by atoms with Crippen LogP contribution in [0.3, 0.4) is 0 Å². The van der Waals surface area contributed by atoms with Gasteiger partial charge in [0.25, 0.3) is 0 Å². The summed E-state index contributed by atoms with van der Waals surface area (Å²) in [6, 6.07) is 2.57. The van der Waals surface area contributed by atoms with Gasteiger partial charge >= 0.3 is 0 Å². The van der Waals surface area contributed by atoms with Crippen molar-refractivity contribution in [2.24, 2.45) is 0 Å². The summed E-state index contributed by atoms with van der Waals surface area (Å²) in [6.07, 6.45) is -0.00193. The first-order valence-electron chi connectivity index (χ1n) is 8.71. The predicted octanol–water partition coefficient (Wildman–Crippen LogP) is 4.23. The van der Waals surface area contributed by atoms with E-state index in [1.165, 1.54) is 0 Å². The van der Waals surface area contributed by atoms with Crippen LogP contribution in [0.2, 0.25) is 0 Å². The lowest BCUT2D eigenvalue weighted by atomic mass is 9.97. The summed E-state index contributed by atoms with van der Waals surface area (Å²) in [5.74, 6) is -0.920. The van der Waals surface area contributed by atoms with Crippen LogP contribution in [-0.2, 0) is 13.0 Å². The Bertz CT molecular complexity index is 1080. The number of aliphatic hydroxyl groups excluding tert-OH is 2. The van der Waals surface area contributed by atoms with Crippen LogP contribution in [0.1, 0.15) is 35.6 Å².